The Balaban J connectivity index is 1.87. The molecule has 0 saturated carbocycles. The van der Waals surface area contributed by atoms with Crippen molar-refractivity contribution in [2.75, 3.05) is 6.61 Å². The lowest BCUT2D eigenvalue weighted by Gasteiger charge is -2.39. The molecule has 1 saturated heterocycles. The van der Waals surface area contributed by atoms with Crippen molar-refractivity contribution in [2.45, 2.75) is 37.6 Å². The Morgan fingerprint density at radius 3 is 2.58 bits per heavy atom. The molecule has 1 aromatic heterocycles. The minimum Gasteiger partial charge on any atom is -0.462 e. The normalized spacial score (nSPS) is 30.5. The summed E-state index contributed by atoms with van der Waals surface area (Å²) < 4.78 is 15.9. The number of aliphatic hydroxyl groups excluding tert-OH is 4. The van der Waals surface area contributed by atoms with Crippen LogP contribution in [0.4, 0.5) is 0 Å². The Bertz CT molecular complexity index is 783. The number of rotatable bonds is 3. The standard InChI is InChI=1S/C16H18O8/c1-7-4-12(18)23-10-5-8(2-3-9(7)10)22-16-15(21)14(20)13(19)11(6-17)24-16/h2-5,11,13-17,19-21H,6H2,1H3/t11-,13-,14+,15-,16?/m1/s1. The van der Waals surface area contributed by atoms with Crippen LogP contribution in [0.3, 0.4) is 0 Å². The molecule has 0 amide bonds. The summed E-state index contributed by atoms with van der Waals surface area (Å²) >= 11 is 0. The predicted octanol–water partition coefficient (Wildman–Crippen LogP) is -0.720. The number of benzene rings is 1. The predicted molar refractivity (Wildman–Crippen MR) is 81.6 cm³/mol. The number of aryl methyl sites for hydroxylation is 1. The van der Waals surface area contributed by atoms with Gasteiger partial charge in [-0.3, -0.25) is 0 Å². The molecule has 2 heterocycles. The molecule has 2 aromatic rings. The summed E-state index contributed by atoms with van der Waals surface area (Å²) in [7, 11) is 0. The van der Waals surface area contributed by atoms with Crippen LogP contribution in [-0.2, 0) is 4.74 Å². The average molecular weight is 338 g/mol. The highest BCUT2D eigenvalue weighted by atomic mass is 16.7. The zero-order valence-electron chi connectivity index (χ0n) is 12.8. The van der Waals surface area contributed by atoms with Gasteiger partial charge >= 0.3 is 5.63 Å². The van der Waals surface area contributed by atoms with Crippen molar-refractivity contribution in [3.05, 3.63) is 40.2 Å². The zero-order valence-corrected chi connectivity index (χ0v) is 12.8. The molecule has 1 fully saturated rings. The Morgan fingerprint density at radius 2 is 1.88 bits per heavy atom. The maximum absolute atomic E-state index is 11.5. The van der Waals surface area contributed by atoms with E-state index >= 15 is 0 Å². The van der Waals surface area contributed by atoms with Crippen LogP contribution in [0.2, 0.25) is 0 Å². The first kappa shape index (κ1) is 16.9. The minimum absolute atomic E-state index is 0.237. The summed E-state index contributed by atoms with van der Waals surface area (Å²) in [5, 5.41) is 39.4. The molecule has 1 aliphatic rings. The SMILES string of the molecule is Cc1cc(=O)oc2cc(OC3O[C@H](CO)[C@@H](O)[C@H](O)[C@H]3O)ccc12. The van der Waals surface area contributed by atoms with Crippen LogP contribution in [0.5, 0.6) is 5.75 Å². The first-order valence-corrected chi connectivity index (χ1v) is 7.42. The third-order valence-electron chi connectivity index (χ3n) is 4.02. The third kappa shape index (κ3) is 3.02. The van der Waals surface area contributed by atoms with E-state index in [1.807, 2.05) is 0 Å². The highest BCUT2D eigenvalue weighted by Gasteiger charge is 2.44. The van der Waals surface area contributed by atoms with Crippen molar-refractivity contribution in [3.8, 4) is 5.75 Å². The maximum atomic E-state index is 11.5. The van der Waals surface area contributed by atoms with Gasteiger partial charge in [0.25, 0.3) is 0 Å². The Hall–Kier alpha value is -1.97. The van der Waals surface area contributed by atoms with E-state index in [1.54, 1.807) is 19.1 Å². The van der Waals surface area contributed by atoms with Gasteiger partial charge < -0.3 is 34.3 Å². The van der Waals surface area contributed by atoms with Crippen molar-refractivity contribution >= 4 is 11.0 Å². The Morgan fingerprint density at radius 1 is 1.12 bits per heavy atom. The van der Waals surface area contributed by atoms with E-state index in [2.05, 4.69) is 0 Å². The zero-order chi connectivity index (χ0) is 17.4. The second-order valence-corrected chi connectivity index (χ2v) is 5.72. The van der Waals surface area contributed by atoms with Gasteiger partial charge in [-0.15, -0.1) is 0 Å². The molecule has 0 radical (unpaired) electrons. The lowest BCUT2D eigenvalue weighted by atomic mass is 9.99. The van der Waals surface area contributed by atoms with Crippen LogP contribution >= 0.6 is 0 Å². The van der Waals surface area contributed by atoms with Crippen molar-refractivity contribution in [3.63, 3.8) is 0 Å². The first-order valence-electron chi connectivity index (χ1n) is 7.42. The van der Waals surface area contributed by atoms with Crippen LogP contribution in [0.15, 0.2) is 33.5 Å². The van der Waals surface area contributed by atoms with Crippen LogP contribution in [0.1, 0.15) is 5.56 Å². The van der Waals surface area contributed by atoms with E-state index in [-0.39, 0.29) is 5.75 Å². The average Bonchev–Trinajstić information content (AvgIpc) is 2.55. The fourth-order valence-corrected chi connectivity index (χ4v) is 2.68. The van der Waals surface area contributed by atoms with Gasteiger partial charge in [-0.05, 0) is 24.6 Å². The topological polar surface area (TPSA) is 130 Å². The fraction of sp³-hybridized carbons (Fsp3) is 0.438. The molecular formula is C16H18O8. The quantitative estimate of drug-likeness (QED) is 0.540. The summed E-state index contributed by atoms with van der Waals surface area (Å²) in [6.45, 7) is 1.23. The summed E-state index contributed by atoms with van der Waals surface area (Å²) in [6, 6.07) is 6.12. The Kier molecular flexibility index (Phi) is 4.57. The van der Waals surface area contributed by atoms with E-state index in [0.717, 1.165) is 10.9 Å². The van der Waals surface area contributed by atoms with Crippen LogP contribution < -0.4 is 10.4 Å². The van der Waals surface area contributed by atoms with Crippen molar-refractivity contribution < 1.29 is 34.3 Å². The lowest BCUT2D eigenvalue weighted by molar-refractivity contribution is -0.277. The lowest BCUT2D eigenvalue weighted by Crippen LogP contribution is -2.60. The molecule has 4 N–H and O–H groups in total. The summed E-state index contributed by atoms with van der Waals surface area (Å²) in [6.07, 6.45) is -6.85. The molecule has 1 unspecified atom stereocenters. The van der Waals surface area contributed by atoms with Gasteiger partial charge in [-0.2, -0.15) is 0 Å². The smallest absolute Gasteiger partial charge is 0.336 e. The second-order valence-electron chi connectivity index (χ2n) is 5.72. The van der Waals surface area contributed by atoms with E-state index in [9.17, 15) is 20.1 Å². The van der Waals surface area contributed by atoms with E-state index < -0.39 is 42.9 Å². The number of aliphatic hydroxyl groups is 4. The molecule has 0 aliphatic carbocycles. The van der Waals surface area contributed by atoms with E-state index in [1.165, 1.54) is 12.1 Å². The highest BCUT2D eigenvalue weighted by molar-refractivity contribution is 5.81. The van der Waals surface area contributed by atoms with Gasteiger partial charge in [0, 0.05) is 17.5 Å². The number of ether oxygens (including phenoxy) is 2. The molecule has 130 valence electrons. The number of hydrogen-bond donors (Lipinski definition) is 4. The van der Waals surface area contributed by atoms with E-state index in [4.69, 9.17) is 19.0 Å². The van der Waals surface area contributed by atoms with Crippen molar-refractivity contribution in [2.24, 2.45) is 0 Å². The molecule has 1 aromatic carbocycles. The van der Waals surface area contributed by atoms with E-state index in [0.29, 0.717) is 5.58 Å². The van der Waals surface area contributed by atoms with Gasteiger partial charge in [0.2, 0.25) is 6.29 Å². The molecule has 8 nitrogen and oxygen atoms in total. The number of fused-ring (bicyclic) bond motifs is 1. The molecule has 0 bridgehead atoms. The summed E-state index contributed by atoms with van der Waals surface area (Å²) in [4.78, 5) is 11.5. The molecule has 3 rings (SSSR count). The van der Waals surface area contributed by atoms with Gasteiger partial charge in [0.1, 0.15) is 35.7 Å². The van der Waals surface area contributed by atoms with Crippen molar-refractivity contribution in [1.82, 2.24) is 0 Å². The molecular weight excluding hydrogens is 320 g/mol. The summed E-state index contributed by atoms with van der Waals surface area (Å²) in [5.74, 6) is 0.237. The molecule has 5 atom stereocenters. The van der Waals surface area contributed by atoms with Gasteiger partial charge in [-0.1, -0.05) is 0 Å². The Labute approximate surface area is 136 Å². The first-order chi connectivity index (χ1) is 11.4. The van der Waals surface area contributed by atoms with Gasteiger partial charge in [0.05, 0.1) is 6.61 Å². The van der Waals surface area contributed by atoms with Gasteiger partial charge in [0.15, 0.2) is 0 Å². The molecule has 24 heavy (non-hydrogen) atoms. The summed E-state index contributed by atoms with van der Waals surface area (Å²) in [5.41, 5.74) is 0.563. The monoisotopic (exact) mass is 338 g/mol. The number of hydrogen-bond acceptors (Lipinski definition) is 8. The highest BCUT2D eigenvalue weighted by Crippen LogP contribution is 2.27. The third-order valence-corrected chi connectivity index (χ3v) is 4.02. The van der Waals surface area contributed by atoms with Crippen LogP contribution in [0, 0.1) is 6.92 Å². The minimum atomic E-state index is -1.53. The van der Waals surface area contributed by atoms with Gasteiger partial charge in [-0.25, -0.2) is 4.79 Å². The molecule has 8 heteroatoms. The fourth-order valence-electron chi connectivity index (χ4n) is 2.68. The molecule has 0 spiro atoms. The second kappa shape index (κ2) is 6.50. The molecule has 1 aliphatic heterocycles. The maximum Gasteiger partial charge on any atom is 0.336 e. The van der Waals surface area contributed by atoms with Crippen LogP contribution in [0.25, 0.3) is 11.0 Å². The van der Waals surface area contributed by atoms with Crippen molar-refractivity contribution in [1.29, 1.82) is 0 Å². The van der Waals surface area contributed by atoms with Crippen LogP contribution in [-0.4, -0.2) is 57.7 Å². The largest absolute Gasteiger partial charge is 0.462 e.